The SMILES string of the molecule is CCCC(=O)NC(=S)Nc1ccc(C(=O)[O-])cc1. The fourth-order valence-electron chi connectivity index (χ4n) is 1.27. The first-order valence-electron chi connectivity index (χ1n) is 5.45. The number of hydrogen-bond donors (Lipinski definition) is 2. The molecule has 0 saturated heterocycles. The number of carbonyl (C=O) groups excluding carboxylic acids is 2. The van der Waals surface area contributed by atoms with Crippen LogP contribution in [0.5, 0.6) is 0 Å². The van der Waals surface area contributed by atoms with Gasteiger partial charge in [-0.2, -0.15) is 0 Å². The number of aromatic carboxylic acids is 1. The maximum atomic E-state index is 11.3. The zero-order valence-electron chi connectivity index (χ0n) is 9.86. The maximum Gasteiger partial charge on any atom is 0.226 e. The number of anilines is 1. The van der Waals surface area contributed by atoms with Crippen molar-refractivity contribution < 1.29 is 14.7 Å². The Morgan fingerprint density at radius 3 is 2.39 bits per heavy atom. The van der Waals surface area contributed by atoms with Crippen molar-refractivity contribution in [2.75, 3.05) is 5.32 Å². The highest BCUT2D eigenvalue weighted by molar-refractivity contribution is 7.80. The lowest BCUT2D eigenvalue weighted by molar-refractivity contribution is -0.255. The summed E-state index contributed by atoms with van der Waals surface area (Å²) in [7, 11) is 0. The van der Waals surface area contributed by atoms with Crippen molar-refractivity contribution in [3.05, 3.63) is 29.8 Å². The summed E-state index contributed by atoms with van der Waals surface area (Å²) in [5, 5.41) is 16.0. The van der Waals surface area contributed by atoms with Gasteiger partial charge in [-0.3, -0.25) is 4.79 Å². The van der Waals surface area contributed by atoms with Gasteiger partial charge in [0, 0.05) is 12.1 Å². The van der Waals surface area contributed by atoms with Gasteiger partial charge in [0.25, 0.3) is 0 Å². The first kappa shape index (κ1) is 14.1. The van der Waals surface area contributed by atoms with E-state index < -0.39 is 5.97 Å². The number of hydrogen-bond acceptors (Lipinski definition) is 4. The van der Waals surface area contributed by atoms with Crippen LogP contribution in [-0.4, -0.2) is 17.0 Å². The number of benzene rings is 1. The zero-order chi connectivity index (χ0) is 13.5. The molecule has 0 bridgehead atoms. The molecule has 0 atom stereocenters. The highest BCUT2D eigenvalue weighted by atomic mass is 32.1. The summed E-state index contributed by atoms with van der Waals surface area (Å²) in [5.41, 5.74) is 0.684. The van der Waals surface area contributed by atoms with Crippen LogP contribution in [-0.2, 0) is 4.79 Å². The Kier molecular flexibility index (Phi) is 5.26. The van der Waals surface area contributed by atoms with Gasteiger partial charge in [0.2, 0.25) is 5.91 Å². The van der Waals surface area contributed by atoms with E-state index in [1.807, 2.05) is 6.92 Å². The molecule has 0 aliphatic carbocycles. The van der Waals surface area contributed by atoms with Gasteiger partial charge in [-0.25, -0.2) is 0 Å². The number of carboxylic acids is 1. The lowest BCUT2D eigenvalue weighted by Gasteiger charge is -2.10. The average Bonchev–Trinajstić information content (AvgIpc) is 2.29. The number of thiocarbonyl (C=S) groups is 1. The van der Waals surface area contributed by atoms with Crippen LogP contribution in [0.4, 0.5) is 5.69 Å². The van der Waals surface area contributed by atoms with Gasteiger partial charge in [0.05, 0.1) is 5.97 Å². The van der Waals surface area contributed by atoms with Gasteiger partial charge >= 0.3 is 0 Å². The van der Waals surface area contributed by atoms with Crippen LogP contribution in [0.15, 0.2) is 24.3 Å². The molecule has 1 rings (SSSR count). The van der Waals surface area contributed by atoms with Gasteiger partial charge in [0.15, 0.2) is 5.11 Å². The summed E-state index contributed by atoms with van der Waals surface area (Å²) < 4.78 is 0. The Labute approximate surface area is 110 Å². The minimum absolute atomic E-state index is 0.0847. The van der Waals surface area contributed by atoms with E-state index in [0.29, 0.717) is 12.1 Å². The number of rotatable bonds is 4. The molecular formula is C12H13N2O3S-. The van der Waals surface area contributed by atoms with E-state index in [1.165, 1.54) is 12.1 Å². The first-order valence-corrected chi connectivity index (χ1v) is 5.86. The van der Waals surface area contributed by atoms with Crippen LogP contribution in [0.3, 0.4) is 0 Å². The molecule has 0 fully saturated rings. The largest absolute Gasteiger partial charge is 0.545 e. The van der Waals surface area contributed by atoms with Crippen molar-refractivity contribution >= 4 is 34.9 Å². The monoisotopic (exact) mass is 265 g/mol. The molecule has 0 unspecified atom stereocenters. The average molecular weight is 265 g/mol. The summed E-state index contributed by atoms with van der Waals surface area (Å²) in [6.07, 6.45) is 1.15. The molecule has 2 N–H and O–H groups in total. The molecule has 18 heavy (non-hydrogen) atoms. The number of amides is 1. The Hall–Kier alpha value is -1.95. The topological polar surface area (TPSA) is 81.3 Å². The third-order valence-electron chi connectivity index (χ3n) is 2.11. The van der Waals surface area contributed by atoms with E-state index in [2.05, 4.69) is 10.6 Å². The smallest absolute Gasteiger partial charge is 0.226 e. The summed E-state index contributed by atoms with van der Waals surface area (Å²) in [4.78, 5) is 21.8. The number of carboxylic acid groups (broad SMARTS) is 1. The van der Waals surface area contributed by atoms with E-state index in [0.717, 1.165) is 6.42 Å². The predicted molar refractivity (Wildman–Crippen MR) is 70.0 cm³/mol. The molecule has 0 heterocycles. The third kappa shape index (κ3) is 4.50. The predicted octanol–water partition coefficient (Wildman–Crippen LogP) is 0.663. The minimum Gasteiger partial charge on any atom is -0.545 e. The molecule has 0 radical (unpaired) electrons. The Balaban J connectivity index is 2.54. The molecular weight excluding hydrogens is 252 g/mol. The fourth-order valence-corrected chi connectivity index (χ4v) is 1.50. The minimum atomic E-state index is -1.24. The van der Waals surface area contributed by atoms with E-state index in [-0.39, 0.29) is 16.6 Å². The Morgan fingerprint density at radius 2 is 1.89 bits per heavy atom. The summed E-state index contributed by atoms with van der Waals surface area (Å²) in [6, 6.07) is 5.88. The lowest BCUT2D eigenvalue weighted by atomic mass is 10.2. The van der Waals surface area contributed by atoms with Crippen molar-refractivity contribution in [3.63, 3.8) is 0 Å². The first-order chi connectivity index (χ1) is 8.52. The van der Waals surface area contributed by atoms with Crippen LogP contribution < -0.4 is 15.7 Å². The summed E-state index contributed by atoms with van der Waals surface area (Å²) >= 11 is 4.94. The van der Waals surface area contributed by atoms with Gasteiger partial charge < -0.3 is 20.5 Å². The van der Waals surface area contributed by atoms with Gasteiger partial charge in [-0.1, -0.05) is 19.1 Å². The number of carbonyl (C=O) groups is 2. The molecule has 0 aromatic heterocycles. The van der Waals surface area contributed by atoms with E-state index in [4.69, 9.17) is 12.2 Å². The second-order valence-corrected chi connectivity index (χ2v) is 4.03. The normalized spacial score (nSPS) is 9.61. The van der Waals surface area contributed by atoms with Gasteiger partial charge in [-0.15, -0.1) is 0 Å². The van der Waals surface area contributed by atoms with Crippen LogP contribution in [0, 0.1) is 0 Å². The highest BCUT2D eigenvalue weighted by Gasteiger charge is 2.03. The van der Waals surface area contributed by atoms with Crippen molar-refractivity contribution in [2.45, 2.75) is 19.8 Å². The molecule has 0 spiro atoms. The molecule has 1 aromatic rings. The van der Waals surface area contributed by atoms with Crippen LogP contribution in [0.25, 0.3) is 0 Å². The Morgan fingerprint density at radius 1 is 1.28 bits per heavy atom. The highest BCUT2D eigenvalue weighted by Crippen LogP contribution is 2.08. The van der Waals surface area contributed by atoms with E-state index in [1.54, 1.807) is 12.1 Å². The summed E-state index contributed by atoms with van der Waals surface area (Å²) in [5.74, 6) is -1.39. The van der Waals surface area contributed by atoms with Crippen molar-refractivity contribution in [1.29, 1.82) is 0 Å². The zero-order valence-corrected chi connectivity index (χ0v) is 10.7. The van der Waals surface area contributed by atoms with Crippen LogP contribution >= 0.6 is 12.2 Å². The van der Waals surface area contributed by atoms with Crippen molar-refractivity contribution in [2.24, 2.45) is 0 Å². The molecule has 0 aliphatic heterocycles. The molecule has 5 nitrogen and oxygen atoms in total. The van der Waals surface area contributed by atoms with E-state index >= 15 is 0 Å². The van der Waals surface area contributed by atoms with E-state index in [9.17, 15) is 14.7 Å². The maximum absolute atomic E-state index is 11.3. The second kappa shape index (κ2) is 6.70. The third-order valence-corrected chi connectivity index (χ3v) is 2.31. The Bertz CT molecular complexity index is 457. The molecule has 1 amide bonds. The quantitative estimate of drug-likeness (QED) is 0.782. The number of nitrogens with one attached hydrogen (secondary N) is 2. The molecule has 96 valence electrons. The summed E-state index contributed by atoms with van der Waals surface area (Å²) in [6.45, 7) is 1.90. The van der Waals surface area contributed by atoms with Crippen LogP contribution in [0.1, 0.15) is 30.1 Å². The van der Waals surface area contributed by atoms with Gasteiger partial charge in [-0.05, 0) is 36.3 Å². The van der Waals surface area contributed by atoms with Gasteiger partial charge in [0.1, 0.15) is 0 Å². The molecule has 0 saturated carbocycles. The van der Waals surface area contributed by atoms with Crippen LogP contribution in [0.2, 0.25) is 0 Å². The second-order valence-electron chi connectivity index (χ2n) is 3.62. The molecule has 0 aliphatic rings. The lowest BCUT2D eigenvalue weighted by Crippen LogP contribution is -2.33. The standard InChI is InChI=1S/C12H14N2O3S/c1-2-3-10(15)14-12(18)13-9-6-4-8(5-7-9)11(16)17/h4-7H,2-3H2,1H3,(H,16,17)(H2,13,14,15,18)/p-1. The van der Waals surface area contributed by atoms with Crippen molar-refractivity contribution in [1.82, 2.24) is 5.32 Å². The van der Waals surface area contributed by atoms with Crippen molar-refractivity contribution in [3.8, 4) is 0 Å². The fraction of sp³-hybridized carbons (Fsp3) is 0.250. The molecule has 1 aromatic carbocycles. The molecule has 6 heteroatoms.